The minimum absolute atomic E-state index is 0.145. The highest BCUT2D eigenvalue weighted by molar-refractivity contribution is 9.10. The lowest BCUT2D eigenvalue weighted by Gasteiger charge is -2.31. The fraction of sp³-hybridized carbons (Fsp3) is 0.350. The monoisotopic (exact) mass is 518 g/mol. The molecule has 1 atom stereocenters. The molecule has 0 aliphatic carbocycles. The number of carbonyl (C=O) groups is 1. The highest BCUT2D eigenvalue weighted by Crippen LogP contribution is 2.29. The van der Waals surface area contributed by atoms with Crippen molar-refractivity contribution in [3.05, 3.63) is 62.0 Å². The molecule has 29 heavy (non-hydrogen) atoms. The molecule has 1 heterocycles. The third-order valence-corrected chi connectivity index (χ3v) is 8.33. The highest BCUT2D eigenvalue weighted by atomic mass is 79.9. The van der Waals surface area contributed by atoms with Crippen molar-refractivity contribution in [2.45, 2.75) is 25.5 Å². The molecular formula is C20H21BrCl2N2O3S. The van der Waals surface area contributed by atoms with E-state index < -0.39 is 15.9 Å². The number of benzene rings is 2. The number of aryl methyl sites for hydroxylation is 1. The Bertz CT molecular complexity index is 1010. The van der Waals surface area contributed by atoms with Gasteiger partial charge in [-0.3, -0.25) is 4.79 Å². The zero-order valence-corrected chi connectivity index (χ0v) is 19.7. The van der Waals surface area contributed by atoms with Gasteiger partial charge in [-0.2, -0.15) is 0 Å². The second-order valence-electron chi connectivity index (χ2n) is 7.11. The number of halogens is 3. The molecule has 0 saturated carbocycles. The van der Waals surface area contributed by atoms with Gasteiger partial charge in [0.05, 0.1) is 11.7 Å². The molecule has 5 nitrogen and oxygen atoms in total. The molecule has 1 saturated heterocycles. The summed E-state index contributed by atoms with van der Waals surface area (Å²) in [5, 5.41) is 3.53. The van der Waals surface area contributed by atoms with Gasteiger partial charge in [0.2, 0.25) is 15.9 Å². The first-order valence-electron chi connectivity index (χ1n) is 9.15. The van der Waals surface area contributed by atoms with Crippen LogP contribution in [0.1, 0.15) is 24.0 Å². The van der Waals surface area contributed by atoms with Gasteiger partial charge in [-0.05, 0) is 55.7 Å². The van der Waals surface area contributed by atoms with Gasteiger partial charge in [0.15, 0.2) is 0 Å². The van der Waals surface area contributed by atoms with Crippen molar-refractivity contribution in [1.29, 1.82) is 0 Å². The van der Waals surface area contributed by atoms with Crippen LogP contribution in [0.5, 0.6) is 0 Å². The molecule has 0 aromatic heterocycles. The van der Waals surface area contributed by atoms with Gasteiger partial charge in [0.1, 0.15) is 0 Å². The van der Waals surface area contributed by atoms with Gasteiger partial charge in [-0.15, -0.1) is 0 Å². The quantitative estimate of drug-likeness (QED) is 0.587. The number of piperidine rings is 1. The standard InChI is InChI=1S/C20H21BrCl2N2O3S/c1-13-10-15(7-8-17(13)21)24-20(26)14-4-3-9-25(11-14)29(27,28)12-16-18(22)5-2-6-19(16)23/h2,5-8,10,14H,3-4,9,11-12H2,1H3,(H,24,26)/t14-/m1/s1. The first kappa shape index (κ1) is 22.6. The molecule has 1 aliphatic heterocycles. The lowest BCUT2D eigenvalue weighted by atomic mass is 9.98. The fourth-order valence-corrected chi connectivity index (χ4v) is 5.93. The topological polar surface area (TPSA) is 66.5 Å². The van der Waals surface area contributed by atoms with Gasteiger partial charge in [0, 0.05) is 38.9 Å². The lowest BCUT2D eigenvalue weighted by Crippen LogP contribution is -2.44. The summed E-state index contributed by atoms with van der Waals surface area (Å²) in [7, 11) is -3.65. The van der Waals surface area contributed by atoms with Crippen LogP contribution < -0.4 is 5.32 Å². The maximum absolute atomic E-state index is 12.9. The zero-order valence-electron chi connectivity index (χ0n) is 15.8. The number of anilines is 1. The van der Waals surface area contributed by atoms with Crippen molar-refractivity contribution >= 4 is 60.7 Å². The third kappa shape index (κ3) is 5.52. The number of carbonyl (C=O) groups excluding carboxylic acids is 1. The number of sulfonamides is 1. The summed E-state index contributed by atoms with van der Waals surface area (Å²) in [5.41, 5.74) is 2.08. The number of nitrogens with zero attached hydrogens (tertiary/aromatic N) is 1. The summed E-state index contributed by atoms with van der Waals surface area (Å²) < 4.78 is 28.2. The van der Waals surface area contributed by atoms with Gasteiger partial charge < -0.3 is 5.32 Å². The first-order valence-corrected chi connectivity index (χ1v) is 12.3. The second-order valence-corrected chi connectivity index (χ2v) is 10.7. The maximum atomic E-state index is 12.9. The minimum atomic E-state index is -3.65. The Balaban J connectivity index is 1.70. The molecule has 0 unspecified atom stereocenters. The summed E-state index contributed by atoms with van der Waals surface area (Å²) in [6.45, 7) is 2.46. The predicted octanol–water partition coefficient (Wildman–Crippen LogP) is 5.24. The molecule has 0 radical (unpaired) electrons. The van der Waals surface area contributed by atoms with Crippen molar-refractivity contribution in [1.82, 2.24) is 4.31 Å². The molecule has 0 spiro atoms. The first-order chi connectivity index (χ1) is 13.7. The Hall–Kier alpha value is -1.12. The predicted molar refractivity (Wildman–Crippen MR) is 121 cm³/mol. The Kier molecular flexibility index (Phi) is 7.27. The van der Waals surface area contributed by atoms with E-state index >= 15 is 0 Å². The average molecular weight is 520 g/mol. The average Bonchev–Trinajstić information content (AvgIpc) is 2.68. The Morgan fingerprint density at radius 2 is 1.93 bits per heavy atom. The van der Waals surface area contributed by atoms with Crippen molar-refractivity contribution in [2.75, 3.05) is 18.4 Å². The summed E-state index contributed by atoms with van der Waals surface area (Å²) in [5.74, 6) is -0.877. The molecule has 9 heteroatoms. The maximum Gasteiger partial charge on any atom is 0.228 e. The van der Waals surface area contributed by atoms with Crippen molar-refractivity contribution < 1.29 is 13.2 Å². The van der Waals surface area contributed by atoms with Crippen LogP contribution in [0.2, 0.25) is 10.0 Å². The zero-order chi connectivity index (χ0) is 21.2. The molecule has 1 amide bonds. The van der Waals surface area contributed by atoms with Gasteiger partial charge >= 0.3 is 0 Å². The van der Waals surface area contributed by atoms with Crippen LogP contribution in [-0.4, -0.2) is 31.7 Å². The van der Waals surface area contributed by atoms with E-state index in [1.54, 1.807) is 18.2 Å². The van der Waals surface area contributed by atoms with Crippen LogP contribution in [0.15, 0.2) is 40.9 Å². The van der Waals surface area contributed by atoms with Crippen LogP contribution in [0, 0.1) is 12.8 Å². The SMILES string of the molecule is Cc1cc(NC(=O)[C@@H]2CCCN(S(=O)(=O)Cc3c(Cl)cccc3Cl)C2)ccc1Br. The lowest BCUT2D eigenvalue weighted by molar-refractivity contribution is -0.120. The van der Waals surface area contributed by atoms with Crippen LogP contribution >= 0.6 is 39.1 Å². The molecular weight excluding hydrogens is 499 g/mol. The number of rotatable bonds is 5. The van der Waals surface area contributed by atoms with E-state index in [0.29, 0.717) is 40.7 Å². The van der Waals surface area contributed by atoms with E-state index in [4.69, 9.17) is 23.2 Å². The molecule has 2 aromatic rings. The van der Waals surface area contributed by atoms with Crippen molar-refractivity contribution in [2.24, 2.45) is 5.92 Å². The number of hydrogen-bond acceptors (Lipinski definition) is 3. The molecule has 2 aromatic carbocycles. The largest absolute Gasteiger partial charge is 0.326 e. The molecule has 0 bridgehead atoms. The number of hydrogen-bond donors (Lipinski definition) is 1. The van der Waals surface area contributed by atoms with E-state index in [1.807, 2.05) is 25.1 Å². The number of amides is 1. The Morgan fingerprint density at radius 3 is 2.59 bits per heavy atom. The molecule has 3 rings (SSSR count). The van der Waals surface area contributed by atoms with E-state index in [0.717, 1.165) is 10.0 Å². The molecule has 1 fully saturated rings. The summed E-state index contributed by atoms with van der Waals surface area (Å²) in [6, 6.07) is 10.5. The summed E-state index contributed by atoms with van der Waals surface area (Å²) in [6.07, 6.45) is 1.26. The Morgan fingerprint density at radius 1 is 1.24 bits per heavy atom. The van der Waals surface area contributed by atoms with Gasteiger partial charge in [-0.25, -0.2) is 12.7 Å². The van der Waals surface area contributed by atoms with E-state index in [1.165, 1.54) is 4.31 Å². The van der Waals surface area contributed by atoms with Crippen LogP contribution in [0.25, 0.3) is 0 Å². The Labute approximate surface area is 189 Å². The molecule has 1 N–H and O–H groups in total. The smallest absolute Gasteiger partial charge is 0.228 e. The summed E-state index contributed by atoms with van der Waals surface area (Å²) >= 11 is 15.7. The van der Waals surface area contributed by atoms with Gasteiger partial charge in [-0.1, -0.05) is 45.2 Å². The van der Waals surface area contributed by atoms with Crippen LogP contribution in [0.4, 0.5) is 5.69 Å². The number of nitrogens with one attached hydrogen (secondary N) is 1. The minimum Gasteiger partial charge on any atom is -0.326 e. The molecule has 156 valence electrons. The van der Waals surface area contributed by atoms with Crippen molar-refractivity contribution in [3.8, 4) is 0 Å². The van der Waals surface area contributed by atoms with E-state index in [2.05, 4.69) is 21.2 Å². The summed E-state index contributed by atoms with van der Waals surface area (Å²) in [4.78, 5) is 12.7. The normalized spacial score (nSPS) is 17.9. The van der Waals surface area contributed by atoms with E-state index in [9.17, 15) is 13.2 Å². The van der Waals surface area contributed by atoms with E-state index in [-0.39, 0.29) is 18.2 Å². The van der Waals surface area contributed by atoms with Crippen molar-refractivity contribution in [3.63, 3.8) is 0 Å². The fourth-order valence-electron chi connectivity index (χ4n) is 3.32. The highest BCUT2D eigenvalue weighted by Gasteiger charge is 2.33. The second kappa shape index (κ2) is 9.35. The molecule has 1 aliphatic rings. The van der Waals surface area contributed by atoms with Gasteiger partial charge in [0.25, 0.3) is 0 Å². The third-order valence-electron chi connectivity index (χ3n) is 4.96. The van der Waals surface area contributed by atoms with Crippen LogP contribution in [-0.2, 0) is 20.6 Å². The van der Waals surface area contributed by atoms with Crippen LogP contribution in [0.3, 0.4) is 0 Å².